The van der Waals surface area contributed by atoms with Gasteiger partial charge in [-0.3, -0.25) is 9.59 Å². The Morgan fingerprint density at radius 2 is 1.85 bits per heavy atom. The number of nitrogens with zero attached hydrogens (tertiary/aromatic N) is 2. The Labute approximate surface area is 148 Å². The maximum Gasteiger partial charge on any atom is 0.327 e. The Hall–Kier alpha value is -3.48. The van der Waals surface area contributed by atoms with Crippen molar-refractivity contribution in [1.82, 2.24) is 4.90 Å². The molecule has 1 aromatic carbocycles. The van der Waals surface area contributed by atoms with Crippen molar-refractivity contribution in [2.45, 2.75) is 18.5 Å². The highest BCUT2D eigenvalue weighted by Gasteiger charge is 2.47. The fraction of sp³-hybridized carbons (Fsp3) is 0.375. The van der Waals surface area contributed by atoms with Gasteiger partial charge in [-0.2, -0.15) is 5.26 Å². The van der Waals surface area contributed by atoms with E-state index in [1.165, 1.54) is 27.4 Å². The maximum atomic E-state index is 12.9. The number of hydrogen-bond donors (Lipinski definition) is 2. The van der Waals surface area contributed by atoms with Crippen molar-refractivity contribution in [2.75, 3.05) is 21.3 Å². The molecular weight excluding hydrogens is 348 g/mol. The Morgan fingerprint density at radius 1 is 1.23 bits per heavy atom. The Bertz CT molecular complexity index is 813. The van der Waals surface area contributed by atoms with Gasteiger partial charge >= 0.3 is 11.9 Å². The molecule has 1 aliphatic rings. The molecule has 0 bridgehead atoms. The fourth-order valence-corrected chi connectivity index (χ4v) is 2.93. The van der Waals surface area contributed by atoms with E-state index in [0.29, 0.717) is 0 Å². The zero-order valence-corrected chi connectivity index (χ0v) is 14.2. The monoisotopic (exact) mass is 364 g/mol. The lowest BCUT2D eigenvalue weighted by molar-refractivity contribution is -0.149. The van der Waals surface area contributed by atoms with Crippen LogP contribution in [0.1, 0.15) is 28.4 Å². The first kappa shape index (κ1) is 18.9. The van der Waals surface area contributed by atoms with Gasteiger partial charge in [-0.15, -0.1) is 0 Å². The summed E-state index contributed by atoms with van der Waals surface area (Å²) in [6.07, 6.45) is -0.857. The fourth-order valence-electron chi connectivity index (χ4n) is 2.93. The van der Waals surface area contributed by atoms with Crippen LogP contribution in [-0.4, -0.2) is 60.3 Å². The van der Waals surface area contributed by atoms with Gasteiger partial charge in [0.15, 0.2) is 11.5 Å². The molecule has 26 heavy (non-hydrogen) atoms. The molecule has 0 spiro atoms. The predicted octanol–water partition coefficient (Wildman–Crippen LogP) is 0.661. The van der Waals surface area contributed by atoms with Crippen molar-refractivity contribution in [2.24, 2.45) is 0 Å². The lowest BCUT2D eigenvalue weighted by atomic mass is 10.0. The molecule has 1 heterocycles. The third kappa shape index (κ3) is 2.83. The summed E-state index contributed by atoms with van der Waals surface area (Å²) in [5.41, 5.74) is 0.0944. The lowest BCUT2D eigenvalue weighted by Crippen LogP contribution is -2.44. The summed E-state index contributed by atoms with van der Waals surface area (Å²) in [5.74, 6) is -3.52. The van der Waals surface area contributed by atoms with Crippen LogP contribution in [0, 0.1) is 11.3 Å². The summed E-state index contributed by atoms with van der Waals surface area (Å²) in [6.45, 7) is 0. The summed E-state index contributed by atoms with van der Waals surface area (Å²) >= 11 is 0. The van der Waals surface area contributed by atoms with Crippen molar-refractivity contribution >= 4 is 17.8 Å². The highest BCUT2D eigenvalue weighted by molar-refractivity contribution is 6.05. The van der Waals surface area contributed by atoms with Crippen molar-refractivity contribution in [3.8, 4) is 23.3 Å². The van der Waals surface area contributed by atoms with Gasteiger partial charge in [-0.1, -0.05) is 0 Å². The van der Waals surface area contributed by atoms with Crippen molar-refractivity contribution in [1.29, 1.82) is 5.26 Å². The molecule has 2 rings (SSSR count). The molecule has 0 saturated heterocycles. The number of fused-ring (bicyclic) bond motifs is 1. The van der Waals surface area contributed by atoms with E-state index in [-0.39, 0.29) is 28.4 Å². The molecule has 1 amide bonds. The van der Waals surface area contributed by atoms with E-state index in [1.807, 2.05) is 6.07 Å². The second kappa shape index (κ2) is 7.18. The zero-order chi connectivity index (χ0) is 19.6. The van der Waals surface area contributed by atoms with Crippen LogP contribution in [0.3, 0.4) is 0 Å². The van der Waals surface area contributed by atoms with Gasteiger partial charge in [0.1, 0.15) is 12.1 Å². The van der Waals surface area contributed by atoms with Gasteiger partial charge < -0.3 is 29.3 Å². The van der Waals surface area contributed by atoms with Crippen molar-refractivity contribution in [3.05, 3.63) is 17.2 Å². The maximum absolute atomic E-state index is 12.9. The summed E-state index contributed by atoms with van der Waals surface area (Å²) in [5, 5.41) is 27.9. The highest BCUT2D eigenvalue weighted by Crippen LogP contribution is 2.49. The molecule has 2 unspecified atom stereocenters. The third-order valence-electron chi connectivity index (χ3n) is 3.99. The standard InChI is InChI=1S/C16H16N2O8/c1-24-10-4-7-9(6-17)18(8(16(22)23)5-11(19)20)15(21)12(7)14(26-3)13(10)25-2/h4,8-9H,5H2,1-3H3,(H,19,20)(H,22,23). The van der Waals surface area contributed by atoms with Crippen LogP contribution in [0.4, 0.5) is 0 Å². The second-order valence-corrected chi connectivity index (χ2v) is 5.31. The van der Waals surface area contributed by atoms with Crippen LogP contribution in [0.15, 0.2) is 6.07 Å². The van der Waals surface area contributed by atoms with Crippen LogP contribution in [0.25, 0.3) is 0 Å². The van der Waals surface area contributed by atoms with Crippen LogP contribution in [0.5, 0.6) is 17.2 Å². The number of carboxylic acids is 2. The highest BCUT2D eigenvalue weighted by atomic mass is 16.5. The van der Waals surface area contributed by atoms with Gasteiger partial charge in [-0.05, 0) is 6.07 Å². The zero-order valence-electron chi connectivity index (χ0n) is 14.2. The minimum atomic E-state index is -1.72. The molecule has 2 atom stereocenters. The number of benzene rings is 1. The largest absolute Gasteiger partial charge is 0.493 e. The molecule has 0 saturated carbocycles. The first-order valence-corrected chi connectivity index (χ1v) is 7.32. The normalized spacial score (nSPS) is 16.5. The van der Waals surface area contributed by atoms with E-state index < -0.39 is 36.4 Å². The topological polar surface area (TPSA) is 146 Å². The number of carbonyl (C=O) groups is 3. The summed E-state index contributed by atoms with van der Waals surface area (Å²) in [4.78, 5) is 36.2. The molecule has 0 radical (unpaired) electrons. The van der Waals surface area contributed by atoms with E-state index in [1.54, 1.807) is 0 Å². The van der Waals surface area contributed by atoms with Crippen LogP contribution >= 0.6 is 0 Å². The molecule has 1 aliphatic heterocycles. The van der Waals surface area contributed by atoms with Gasteiger partial charge in [0.05, 0.1) is 39.4 Å². The molecule has 0 aromatic heterocycles. The van der Waals surface area contributed by atoms with Gasteiger partial charge in [0, 0.05) is 5.56 Å². The number of carbonyl (C=O) groups excluding carboxylic acids is 1. The minimum Gasteiger partial charge on any atom is -0.493 e. The molecule has 10 nitrogen and oxygen atoms in total. The number of rotatable bonds is 7. The average molecular weight is 364 g/mol. The molecular formula is C16H16N2O8. The smallest absolute Gasteiger partial charge is 0.327 e. The predicted molar refractivity (Wildman–Crippen MR) is 84.3 cm³/mol. The number of methoxy groups -OCH3 is 3. The molecule has 1 aromatic rings. The second-order valence-electron chi connectivity index (χ2n) is 5.31. The van der Waals surface area contributed by atoms with E-state index >= 15 is 0 Å². The Kier molecular flexibility index (Phi) is 5.21. The quantitative estimate of drug-likeness (QED) is 0.712. The molecule has 10 heteroatoms. The molecule has 2 N–H and O–H groups in total. The summed E-state index contributed by atoms with van der Waals surface area (Å²) in [7, 11) is 3.96. The van der Waals surface area contributed by atoms with Crippen LogP contribution < -0.4 is 14.2 Å². The lowest BCUT2D eigenvalue weighted by Gasteiger charge is -2.26. The summed E-state index contributed by atoms with van der Waals surface area (Å²) < 4.78 is 15.6. The SMILES string of the molecule is COc1cc2c(c(OC)c1OC)C(=O)N(C(CC(=O)O)C(=O)O)C2C#N. The number of nitriles is 1. The van der Waals surface area contributed by atoms with Gasteiger partial charge in [0.2, 0.25) is 5.75 Å². The van der Waals surface area contributed by atoms with Crippen molar-refractivity contribution < 1.29 is 38.8 Å². The van der Waals surface area contributed by atoms with E-state index in [4.69, 9.17) is 19.3 Å². The molecule has 0 fully saturated rings. The minimum absolute atomic E-state index is 0.0194. The average Bonchev–Trinajstić information content (AvgIpc) is 2.88. The van der Waals surface area contributed by atoms with E-state index in [0.717, 1.165) is 4.90 Å². The van der Waals surface area contributed by atoms with Gasteiger partial charge in [0.25, 0.3) is 5.91 Å². The van der Waals surface area contributed by atoms with Crippen LogP contribution in [-0.2, 0) is 9.59 Å². The summed E-state index contributed by atoms with van der Waals surface area (Å²) in [6, 6.07) is 0.187. The Balaban J connectivity index is 2.71. The van der Waals surface area contributed by atoms with E-state index in [9.17, 15) is 24.8 Å². The number of ether oxygens (including phenoxy) is 3. The number of carboxylic acid groups (broad SMARTS) is 2. The van der Waals surface area contributed by atoms with Crippen LogP contribution in [0.2, 0.25) is 0 Å². The first-order chi connectivity index (χ1) is 12.3. The molecule has 0 aliphatic carbocycles. The van der Waals surface area contributed by atoms with E-state index in [2.05, 4.69) is 0 Å². The Morgan fingerprint density at radius 3 is 2.27 bits per heavy atom. The van der Waals surface area contributed by atoms with Gasteiger partial charge in [-0.25, -0.2) is 4.79 Å². The first-order valence-electron chi connectivity index (χ1n) is 7.32. The molecule has 138 valence electrons. The number of hydrogen-bond acceptors (Lipinski definition) is 7. The third-order valence-corrected chi connectivity index (χ3v) is 3.99. The van der Waals surface area contributed by atoms with Crippen molar-refractivity contribution in [3.63, 3.8) is 0 Å². The number of amides is 1. The number of aliphatic carboxylic acids is 2.